The van der Waals surface area contributed by atoms with Crippen LogP contribution in [0.4, 0.5) is 0 Å². The monoisotopic (exact) mass is 417 g/mol. The van der Waals surface area contributed by atoms with Gasteiger partial charge in [-0.15, -0.1) is 0 Å². The normalized spacial score (nSPS) is 11.6. The highest BCUT2D eigenvalue weighted by Crippen LogP contribution is 2.31. The Morgan fingerprint density at radius 2 is 1.76 bits per heavy atom. The quantitative estimate of drug-likeness (QED) is 0.528. The van der Waals surface area contributed by atoms with E-state index < -0.39 is 10.0 Å². The molecule has 9 heteroatoms. The maximum atomic E-state index is 12.2. The van der Waals surface area contributed by atoms with E-state index in [0.29, 0.717) is 35.9 Å². The SMILES string of the molecule is COc1ccc(-c2noc(CN(CCc3ccccc3)S(C)(=O)=O)n2)cc1OC. The van der Waals surface area contributed by atoms with E-state index in [1.165, 1.54) is 10.6 Å². The van der Waals surface area contributed by atoms with Gasteiger partial charge >= 0.3 is 0 Å². The van der Waals surface area contributed by atoms with Crippen LogP contribution in [0.3, 0.4) is 0 Å². The highest BCUT2D eigenvalue weighted by Gasteiger charge is 2.21. The topological polar surface area (TPSA) is 94.8 Å². The third-order valence-corrected chi connectivity index (χ3v) is 5.63. The van der Waals surface area contributed by atoms with Crippen LogP contribution in [0.2, 0.25) is 0 Å². The van der Waals surface area contributed by atoms with Gasteiger partial charge in [-0.1, -0.05) is 35.5 Å². The molecule has 0 unspecified atom stereocenters. The summed E-state index contributed by atoms with van der Waals surface area (Å²) < 4.78 is 41.5. The van der Waals surface area contributed by atoms with E-state index in [1.54, 1.807) is 32.4 Å². The first kappa shape index (κ1) is 20.8. The molecule has 1 aromatic heterocycles. The number of hydrogen-bond donors (Lipinski definition) is 0. The van der Waals surface area contributed by atoms with Crippen molar-refractivity contribution in [3.63, 3.8) is 0 Å². The van der Waals surface area contributed by atoms with Crippen LogP contribution in [0.25, 0.3) is 11.4 Å². The van der Waals surface area contributed by atoms with Gasteiger partial charge in [-0.3, -0.25) is 0 Å². The zero-order chi connectivity index (χ0) is 20.9. The van der Waals surface area contributed by atoms with Gasteiger partial charge in [0.1, 0.15) is 0 Å². The third kappa shape index (κ3) is 5.33. The van der Waals surface area contributed by atoms with Crippen molar-refractivity contribution in [3.8, 4) is 22.9 Å². The molecule has 154 valence electrons. The molecule has 2 aromatic carbocycles. The molecule has 0 atom stereocenters. The number of ether oxygens (including phenoxy) is 2. The van der Waals surface area contributed by atoms with E-state index in [2.05, 4.69) is 10.1 Å². The zero-order valence-corrected chi connectivity index (χ0v) is 17.3. The Kier molecular flexibility index (Phi) is 6.50. The van der Waals surface area contributed by atoms with Crippen LogP contribution in [0.1, 0.15) is 11.5 Å². The standard InChI is InChI=1S/C20H23N3O5S/c1-26-17-10-9-16(13-18(17)27-2)20-21-19(28-22-20)14-23(29(3,24)25)12-11-15-7-5-4-6-8-15/h4-10,13H,11-12,14H2,1-3H3. The van der Waals surface area contributed by atoms with Gasteiger partial charge in [0.2, 0.25) is 21.7 Å². The summed E-state index contributed by atoms with van der Waals surface area (Å²) in [6.07, 6.45) is 1.76. The van der Waals surface area contributed by atoms with Crippen LogP contribution < -0.4 is 9.47 Å². The van der Waals surface area contributed by atoms with Crippen LogP contribution in [-0.2, 0) is 23.0 Å². The molecule has 0 spiro atoms. The van der Waals surface area contributed by atoms with Crippen molar-refractivity contribution in [2.24, 2.45) is 0 Å². The lowest BCUT2D eigenvalue weighted by Gasteiger charge is -2.17. The molecule has 0 aliphatic rings. The molecule has 0 aliphatic carbocycles. The lowest BCUT2D eigenvalue weighted by molar-refractivity contribution is 0.318. The largest absolute Gasteiger partial charge is 0.493 e. The van der Waals surface area contributed by atoms with Crippen LogP contribution in [0, 0.1) is 0 Å². The van der Waals surface area contributed by atoms with Crippen molar-refractivity contribution in [1.82, 2.24) is 14.4 Å². The number of sulfonamides is 1. The first-order chi connectivity index (χ1) is 13.9. The molecule has 8 nitrogen and oxygen atoms in total. The third-order valence-electron chi connectivity index (χ3n) is 4.38. The summed E-state index contributed by atoms with van der Waals surface area (Å²) in [6, 6.07) is 14.9. The molecule has 0 saturated carbocycles. The predicted octanol–water partition coefficient (Wildman–Crippen LogP) is 2.76. The van der Waals surface area contributed by atoms with Gasteiger partial charge in [-0.05, 0) is 30.2 Å². The fraction of sp³-hybridized carbons (Fsp3) is 0.300. The van der Waals surface area contributed by atoms with E-state index >= 15 is 0 Å². The fourth-order valence-corrected chi connectivity index (χ4v) is 3.59. The second kappa shape index (κ2) is 9.06. The predicted molar refractivity (Wildman–Crippen MR) is 108 cm³/mol. The maximum Gasteiger partial charge on any atom is 0.242 e. The molecule has 29 heavy (non-hydrogen) atoms. The number of aromatic nitrogens is 2. The molecule has 1 heterocycles. The number of nitrogens with zero attached hydrogens (tertiary/aromatic N) is 3. The van der Waals surface area contributed by atoms with Crippen LogP contribution >= 0.6 is 0 Å². The molecule has 0 radical (unpaired) electrons. The first-order valence-electron chi connectivity index (χ1n) is 8.94. The minimum atomic E-state index is -3.44. The number of hydrogen-bond acceptors (Lipinski definition) is 7. The van der Waals surface area contributed by atoms with E-state index in [1.807, 2.05) is 30.3 Å². The summed E-state index contributed by atoms with van der Waals surface area (Å²) in [4.78, 5) is 4.34. The van der Waals surface area contributed by atoms with Gasteiger partial charge in [0.15, 0.2) is 11.5 Å². The van der Waals surface area contributed by atoms with Crippen LogP contribution in [0.15, 0.2) is 53.1 Å². The van der Waals surface area contributed by atoms with Gasteiger partial charge in [0.05, 0.1) is 27.0 Å². The Labute approximate surface area is 170 Å². The molecule has 0 bridgehead atoms. The highest BCUT2D eigenvalue weighted by atomic mass is 32.2. The Morgan fingerprint density at radius 3 is 2.41 bits per heavy atom. The zero-order valence-electron chi connectivity index (χ0n) is 16.5. The van der Waals surface area contributed by atoms with Gasteiger partial charge in [-0.2, -0.15) is 9.29 Å². The van der Waals surface area contributed by atoms with Crippen molar-refractivity contribution >= 4 is 10.0 Å². The van der Waals surface area contributed by atoms with Crippen molar-refractivity contribution in [2.45, 2.75) is 13.0 Å². The minimum absolute atomic E-state index is 0.00591. The number of methoxy groups -OCH3 is 2. The summed E-state index contributed by atoms with van der Waals surface area (Å²) in [5, 5.41) is 3.97. The smallest absolute Gasteiger partial charge is 0.242 e. The lowest BCUT2D eigenvalue weighted by Crippen LogP contribution is -2.31. The average molecular weight is 417 g/mol. The van der Waals surface area contributed by atoms with E-state index in [9.17, 15) is 8.42 Å². The second-order valence-electron chi connectivity index (χ2n) is 6.41. The molecule has 0 N–H and O–H groups in total. The Balaban J connectivity index is 1.75. The molecule has 0 amide bonds. The molecule has 0 saturated heterocycles. The summed E-state index contributed by atoms with van der Waals surface area (Å²) in [7, 11) is -0.343. The van der Waals surface area contributed by atoms with Crippen molar-refractivity contribution in [3.05, 3.63) is 60.0 Å². The van der Waals surface area contributed by atoms with Crippen LogP contribution in [-0.4, -0.2) is 49.9 Å². The van der Waals surface area contributed by atoms with Gasteiger partial charge in [-0.25, -0.2) is 8.42 Å². The Morgan fingerprint density at radius 1 is 1.03 bits per heavy atom. The fourth-order valence-electron chi connectivity index (χ4n) is 2.82. The lowest BCUT2D eigenvalue weighted by atomic mass is 10.1. The second-order valence-corrected chi connectivity index (χ2v) is 8.40. The molecule has 3 rings (SSSR count). The summed E-state index contributed by atoms with van der Waals surface area (Å²) in [6.45, 7) is 0.322. The molecular formula is C20H23N3O5S. The summed E-state index contributed by atoms with van der Waals surface area (Å²) in [5.41, 5.74) is 1.73. The molecular weight excluding hydrogens is 394 g/mol. The molecule has 3 aromatic rings. The van der Waals surface area contributed by atoms with E-state index in [4.69, 9.17) is 14.0 Å². The van der Waals surface area contributed by atoms with Crippen molar-refractivity contribution < 1.29 is 22.4 Å². The Bertz CT molecular complexity index is 1050. The average Bonchev–Trinajstić information content (AvgIpc) is 3.19. The molecule has 0 aliphatic heterocycles. The van der Waals surface area contributed by atoms with E-state index in [0.717, 1.165) is 5.56 Å². The minimum Gasteiger partial charge on any atom is -0.493 e. The first-order valence-corrected chi connectivity index (χ1v) is 10.8. The summed E-state index contributed by atoms with van der Waals surface area (Å²) in [5.74, 6) is 1.69. The molecule has 0 fully saturated rings. The summed E-state index contributed by atoms with van der Waals surface area (Å²) >= 11 is 0. The van der Waals surface area contributed by atoms with Crippen LogP contribution in [0.5, 0.6) is 11.5 Å². The number of rotatable bonds is 9. The van der Waals surface area contributed by atoms with Gasteiger partial charge in [0.25, 0.3) is 0 Å². The number of benzene rings is 2. The highest BCUT2D eigenvalue weighted by molar-refractivity contribution is 7.88. The van der Waals surface area contributed by atoms with Gasteiger partial charge < -0.3 is 14.0 Å². The van der Waals surface area contributed by atoms with E-state index in [-0.39, 0.29) is 12.4 Å². The van der Waals surface area contributed by atoms with Crippen molar-refractivity contribution in [1.29, 1.82) is 0 Å². The van der Waals surface area contributed by atoms with Gasteiger partial charge in [0, 0.05) is 12.1 Å². The maximum absolute atomic E-state index is 12.2. The Hall–Kier alpha value is -2.91. The van der Waals surface area contributed by atoms with Crippen molar-refractivity contribution in [2.75, 3.05) is 27.0 Å².